The Balaban J connectivity index is 1.48. The molecular weight excluding hydrogens is 334 g/mol. The molecule has 4 rings (SSSR count). The van der Waals surface area contributed by atoms with Gasteiger partial charge in [0.1, 0.15) is 0 Å². The van der Waals surface area contributed by atoms with Crippen LogP contribution in [0.2, 0.25) is 0 Å². The van der Waals surface area contributed by atoms with Crippen molar-refractivity contribution in [2.75, 3.05) is 33.3 Å². The van der Waals surface area contributed by atoms with Crippen LogP contribution in [-0.4, -0.2) is 70.0 Å². The fourth-order valence-electron chi connectivity index (χ4n) is 3.94. The first-order valence-electron chi connectivity index (χ1n) is 8.98. The molecule has 1 fully saturated rings. The van der Waals surface area contributed by atoms with Crippen LogP contribution in [0, 0.1) is 0 Å². The Labute approximate surface area is 151 Å². The summed E-state index contributed by atoms with van der Waals surface area (Å²) in [7, 11) is 1.41. The zero-order valence-corrected chi connectivity index (χ0v) is 14.9. The summed E-state index contributed by atoms with van der Waals surface area (Å²) < 4.78 is 6.34. The van der Waals surface area contributed by atoms with Gasteiger partial charge < -0.3 is 9.64 Å². The van der Waals surface area contributed by atoms with E-state index < -0.39 is 0 Å². The minimum absolute atomic E-state index is 0.00315. The molecule has 26 heavy (non-hydrogen) atoms. The summed E-state index contributed by atoms with van der Waals surface area (Å²) in [5.74, 6) is 0.621. The van der Waals surface area contributed by atoms with Crippen molar-refractivity contribution in [3.8, 4) is 5.82 Å². The van der Waals surface area contributed by atoms with E-state index in [2.05, 4.69) is 15.0 Å². The van der Waals surface area contributed by atoms with Gasteiger partial charge >= 0.3 is 6.09 Å². The molecule has 1 aliphatic carbocycles. The number of carbonyl (C=O) groups is 1. The first-order chi connectivity index (χ1) is 12.7. The van der Waals surface area contributed by atoms with Crippen LogP contribution in [0.15, 0.2) is 29.2 Å². The molecule has 1 saturated heterocycles. The molecule has 0 saturated carbocycles. The van der Waals surface area contributed by atoms with Crippen molar-refractivity contribution in [2.45, 2.75) is 25.3 Å². The van der Waals surface area contributed by atoms with Gasteiger partial charge in [0.15, 0.2) is 5.82 Å². The van der Waals surface area contributed by atoms with Crippen molar-refractivity contribution >= 4 is 6.09 Å². The Hall–Kier alpha value is -2.61. The highest BCUT2D eigenvalue weighted by Crippen LogP contribution is 2.23. The van der Waals surface area contributed by atoms with Gasteiger partial charge in [-0.25, -0.2) is 14.5 Å². The molecule has 0 bridgehead atoms. The number of methoxy groups -OCH3 is 1. The van der Waals surface area contributed by atoms with Crippen LogP contribution in [-0.2, 0) is 17.6 Å². The van der Waals surface area contributed by atoms with Gasteiger partial charge in [0, 0.05) is 49.7 Å². The second-order valence-corrected chi connectivity index (χ2v) is 6.79. The molecule has 1 N–H and O–H groups in total. The number of hydrogen-bond acceptors (Lipinski definition) is 5. The maximum Gasteiger partial charge on any atom is 0.409 e. The van der Waals surface area contributed by atoms with Gasteiger partial charge in [-0.3, -0.25) is 14.8 Å². The van der Waals surface area contributed by atoms with E-state index in [1.54, 1.807) is 15.8 Å². The van der Waals surface area contributed by atoms with Gasteiger partial charge in [-0.2, -0.15) is 0 Å². The molecule has 1 atom stereocenters. The molecule has 1 aliphatic heterocycles. The van der Waals surface area contributed by atoms with Crippen LogP contribution < -0.4 is 5.56 Å². The Morgan fingerprint density at radius 2 is 2.08 bits per heavy atom. The molecule has 0 radical (unpaired) electrons. The second-order valence-electron chi connectivity index (χ2n) is 6.79. The number of pyridine rings is 1. The van der Waals surface area contributed by atoms with Crippen molar-refractivity contribution in [1.82, 2.24) is 24.6 Å². The summed E-state index contributed by atoms with van der Waals surface area (Å²) in [6, 6.07) is 5.87. The normalized spacial score (nSPS) is 20.7. The Bertz CT molecular complexity index is 836. The van der Waals surface area contributed by atoms with Crippen molar-refractivity contribution in [3.05, 3.63) is 46.0 Å². The topological polar surface area (TPSA) is 83.5 Å². The number of rotatable bonds is 2. The van der Waals surface area contributed by atoms with Gasteiger partial charge in [-0.05, 0) is 31.4 Å². The average Bonchev–Trinajstić information content (AvgIpc) is 3.04. The molecule has 0 aromatic carbocycles. The first kappa shape index (κ1) is 16.8. The van der Waals surface area contributed by atoms with Crippen molar-refractivity contribution in [3.63, 3.8) is 0 Å². The van der Waals surface area contributed by atoms with Crippen LogP contribution in [0.25, 0.3) is 5.82 Å². The van der Waals surface area contributed by atoms with Gasteiger partial charge in [0.2, 0.25) is 0 Å². The molecule has 8 heteroatoms. The number of nitrogens with zero attached hydrogens (tertiary/aromatic N) is 4. The van der Waals surface area contributed by atoms with E-state index >= 15 is 0 Å². The SMILES string of the molecule is COC(=O)N1CCN(C2CCc3[nH]n(-c4ccccn4)c(=O)c3C2)CC1. The van der Waals surface area contributed by atoms with E-state index in [9.17, 15) is 9.59 Å². The average molecular weight is 357 g/mol. The molecule has 3 heterocycles. The summed E-state index contributed by atoms with van der Waals surface area (Å²) in [5, 5.41) is 3.23. The minimum Gasteiger partial charge on any atom is -0.453 e. The standard InChI is InChI=1S/C18H23N5O3/c1-26-18(25)22-10-8-21(9-11-22)13-5-6-15-14(12-13)17(24)23(20-15)16-4-2-3-7-19-16/h2-4,7,13,20H,5-6,8-12H2,1H3. The zero-order valence-electron chi connectivity index (χ0n) is 14.9. The molecular formula is C18H23N5O3. The minimum atomic E-state index is -0.264. The van der Waals surface area contributed by atoms with Gasteiger partial charge in [0.05, 0.1) is 7.11 Å². The second kappa shape index (κ2) is 6.95. The number of H-pyrrole nitrogens is 1. The monoisotopic (exact) mass is 357 g/mol. The number of hydrogen-bond donors (Lipinski definition) is 1. The third-order valence-corrected chi connectivity index (χ3v) is 5.38. The predicted molar refractivity (Wildman–Crippen MR) is 95.5 cm³/mol. The maximum absolute atomic E-state index is 12.8. The van der Waals surface area contributed by atoms with Crippen LogP contribution in [0.3, 0.4) is 0 Å². The molecule has 0 spiro atoms. The number of nitrogens with one attached hydrogen (secondary N) is 1. The number of piperazine rings is 1. The van der Waals surface area contributed by atoms with E-state index in [0.717, 1.165) is 43.6 Å². The van der Waals surface area contributed by atoms with E-state index in [4.69, 9.17) is 4.74 Å². The summed E-state index contributed by atoms with van der Waals surface area (Å²) in [5.41, 5.74) is 1.88. The van der Waals surface area contributed by atoms with E-state index in [1.807, 2.05) is 18.2 Å². The van der Waals surface area contributed by atoms with Gasteiger partial charge in [0.25, 0.3) is 5.56 Å². The molecule has 8 nitrogen and oxygen atoms in total. The lowest BCUT2D eigenvalue weighted by Gasteiger charge is -2.39. The van der Waals surface area contributed by atoms with E-state index in [-0.39, 0.29) is 11.7 Å². The highest BCUT2D eigenvalue weighted by Gasteiger charge is 2.31. The van der Waals surface area contributed by atoms with Crippen molar-refractivity contribution in [2.24, 2.45) is 0 Å². The lowest BCUT2D eigenvalue weighted by Crippen LogP contribution is -2.53. The van der Waals surface area contributed by atoms with Crippen LogP contribution >= 0.6 is 0 Å². The van der Waals surface area contributed by atoms with Crippen LogP contribution in [0.4, 0.5) is 4.79 Å². The number of ether oxygens (including phenoxy) is 1. The smallest absolute Gasteiger partial charge is 0.409 e. The lowest BCUT2D eigenvalue weighted by atomic mass is 9.92. The molecule has 2 aromatic heterocycles. The first-order valence-corrected chi connectivity index (χ1v) is 8.98. The Kier molecular flexibility index (Phi) is 4.50. The van der Waals surface area contributed by atoms with E-state index in [0.29, 0.717) is 24.9 Å². The number of carbonyl (C=O) groups excluding carboxylic acids is 1. The summed E-state index contributed by atoms with van der Waals surface area (Å²) >= 11 is 0. The number of amides is 1. The van der Waals surface area contributed by atoms with Crippen molar-refractivity contribution in [1.29, 1.82) is 0 Å². The largest absolute Gasteiger partial charge is 0.453 e. The predicted octanol–water partition coefficient (Wildman–Crippen LogP) is 0.802. The number of fused-ring (bicyclic) bond motifs is 1. The quantitative estimate of drug-likeness (QED) is 0.860. The maximum atomic E-state index is 12.8. The Morgan fingerprint density at radius 1 is 1.27 bits per heavy atom. The summed E-state index contributed by atoms with van der Waals surface area (Å²) in [6.07, 6.45) is 4.02. The summed E-state index contributed by atoms with van der Waals surface area (Å²) in [6.45, 7) is 2.96. The zero-order chi connectivity index (χ0) is 18.1. The fourth-order valence-corrected chi connectivity index (χ4v) is 3.94. The summed E-state index contributed by atoms with van der Waals surface area (Å²) in [4.78, 5) is 32.8. The van der Waals surface area contributed by atoms with Crippen molar-refractivity contribution < 1.29 is 9.53 Å². The van der Waals surface area contributed by atoms with Crippen LogP contribution in [0.5, 0.6) is 0 Å². The fraction of sp³-hybridized carbons (Fsp3) is 0.500. The molecule has 138 valence electrons. The van der Waals surface area contributed by atoms with Gasteiger partial charge in [-0.15, -0.1) is 0 Å². The highest BCUT2D eigenvalue weighted by atomic mass is 16.5. The van der Waals surface area contributed by atoms with E-state index in [1.165, 1.54) is 7.11 Å². The lowest BCUT2D eigenvalue weighted by molar-refractivity contribution is 0.0711. The molecule has 1 unspecified atom stereocenters. The third kappa shape index (κ3) is 3.01. The number of aromatic nitrogens is 3. The molecule has 1 amide bonds. The highest BCUT2D eigenvalue weighted by molar-refractivity contribution is 5.67. The number of aryl methyl sites for hydroxylation is 1. The number of aromatic amines is 1. The Morgan fingerprint density at radius 3 is 2.77 bits per heavy atom. The van der Waals surface area contributed by atoms with Crippen LogP contribution in [0.1, 0.15) is 17.7 Å². The molecule has 2 aromatic rings. The molecule has 2 aliphatic rings. The van der Waals surface area contributed by atoms with Gasteiger partial charge in [-0.1, -0.05) is 6.07 Å². The third-order valence-electron chi connectivity index (χ3n) is 5.38.